The molecule has 0 spiro atoms. The Hall–Kier alpha value is -0.430. The molecule has 0 radical (unpaired) electrons. The predicted molar refractivity (Wildman–Crippen MR) is 114 cm³/mol. The maximum Gasteiger partial charge on any atom is 0.0000750 e. The Labute approximate surface area is 161 Å². The highest BCUT2D eigenvalue weighted by Gasteiger charge is 2.68. The second-order valence-electron chi connectivity index (χ2n) is 10.5. The molecule has 6 rings (SSSR count). The van der Waals surface area contributed by atoms with Crippen LogP contribution in [0.1, 0.15) is 75.7 Å². The summed E-state index contributed by atoms with van der Waals surface area (Å²) >= 11 is 0. The third kappa shape index (κ3) is 2.10. The van der Waals surface area contributed by atoms with E-state index in [4.69, 9.17) is 0 Å². The summed E-state index contributed by atoms with van der Waals surface area (Å²) in [5.74, 6) is 5.35. The molecule has 9 atom stereocenters. The van der Waals surface area contributed by atoms with Gasteiger partial charge in [-0.2, -0.15) is 0 Å². The van der Waals surface area contributed by atoms with Gasteiger partial charge in [-0.25, -0.2) is 10.0 Å². The monoisotopic (exact) mass is 368 g/mol. The van der Waals surface area contributed by atoms with Crippen LogP contribution < -0.4 is 0 Å². The van der Waals surface area contributed by atoms with Crippen LogP contribution in [0.25, 0.3) is 0 Å². The van der Waals surface area contributed by atoms with E-state index in [1.807, 2.05) is 0 Å². The molecule has 0 amide bonds. The van der Waals surface area contributed by atoms with E-state index in [0.717, 1.165) is 45.3 Å². The highest BCUT2D eigenvalue weighted by molar-refractivity contribution is 8.35. The minimum absolute atomic E-state index is 0.435. The lowest BCUT2D eigenvalue weighted by molar-refractivity contribution is 0.251. The molecule has 26 heavy (non-hydrogen) atoms. The molecule has 1 saturated heterocycles. The van der Waals surface area contributed by atoms with Gasteiger partial charge < -0.3 is 0 Å². The van der Waals surface area contributed by atoms with Gasteiger partial charge >= 0.3 is 0 Å². The minimum atomic E-state index is -0.435. The molecule has 4 aliphatic carbocycles. The van der Waals surface area contributed by atoms with E-state index in [1.54, 1.807) is 50.5 Å². The van der Waals surface area contributed by atoms with Crippen molar-refractivity contribution >= 4 is 10.0 Å². The smallest absolute Gasteiger partial charge is 0.0000750 e. The minimum Gasteiger partial charge on any atom is -0.234 e. The summed E-state index contributed by atoms with van der Waals surface area (Å²) in [4.78, 5) is 0. The second-order valence-corrected chi connectivity index (χ2v) is 14.4. The van der Waals surface area contributed by atoms with Gasteiger partial charge in [0.2, 0.25) is 0 Å². The van der Waals surface area contributed by atoms with Gasteiger partial charge in [0.15, 0.2) is 0 Å². The van der Waals surface area contributed by atoms with Crippen molar-refractivity contribution < 1.29 is 0 Å². The number of hydrogen-bond donors (Lipinski definition) is 0. The van der Waals surface area contributed by atoms with Crippen LogP contribution in [-0.2, 0) is 0 Å². The topological polar surface area (TPSA) is 0 Å². The Kier molecular flexibility index (Phi) is 3.83. The van der Waals surface area contributed by atoms with E-state index < -0.39 is 10.0 Å². The molecule has 0 N–H and O–H groups in total. The molecule has 1 heteroatoms. The molecular formula is C25H36S. The number of benzene rings is 1. The largest absolute Gasteiger partial charge is 0.234 e. The fourth-order valence-electron chi connectivity index (χ4n) is 8.91. The Morgan fingerprint density at radius 1 is 0.769 bits per heavy atom. The summed E-state index contributed by atoms with van der Waals surface area (Å²) in [6.07, 6.45) is 18.5. The van der Waals surface area contributed by atoms with Gasteiger partial charge in [-0.15, -0.1) is 0 Å². The third-order valence-electron chi connectivity index (χ3n) is 9.76. The summed E-state index contributed by atoms with van der Waals surface area (Å²) in [5.41, 5.74) is 1.70. The Bertz CT molecular complexity index is 668. The van der Waals surface area contributed by atoms with Crippen molar-refractivity contribution in [2.75, 3.05) is 6.26 Å². The molecule has 5 fully saturated rings. The van der Waals surface area contributed by atoms with Crippen LogP contribution in [0.3, 0.4) is 0 Å². The van der Waals surface area contributed by atoms with Crippen LogP contribution >= 0.6 is 10.0 Å². The van der Waals surface area contributed by atoms with Gasteiger partial charge in [0.1, 0.15) is 0 Å². The average molecular weight is 369 g/mol. The van der Waals surface area contributed by atoms with E-state index in [9.17, 15) is 0 Å². The third-order valence-corrected chi connectivity index (χ3v) is 15.3. The van der Waals surface area contributed by atoms with Crippen LogP contribution in [0.4, 0.5) is 0 Å². The van der Waals surface area contributed by atoms with Crippen molar-refractivity contribution in [1.82, 2.24) is 0 Å². The van der Waals surface area contributed by atoms with E-state index in [1.165, 1.54) is 19.3 Å². The summed E-state index contributed by atoms with van der Waals surface area (Å²) in [6, 6.07) is 11.7. The quantitative estimate of drug-likeness (QED) is 0.542. The highest BCUT2D eigenvalue weighted by Crippen LogP contribution is 2.83. The molecule has 4 saturated carbocycles. The number of fused-ring (bicyclic) bond motifs is 1. The van der Waals surface area contributed by atoms with Crippen molar-refractivity contribution in [3.05, 3.63) is 35.9 Å². The second kappa shape index (κ2) is 6.03. The SMILES string of the molecule is CS1(C2CCC3CCCCC32)C2CCCC3CC(c4ccccc4)C1C32. The fraction of sp³-hybridized carbons (Fsp3) is 0.760. The van der Waals surface area contributed by atoms with Gasteiger partial charge in [-0.1, -0.05) is 62.4 Å². The van der Waals surface area contributed by atoms with Gasteiger partial charge in [0, 0.05) is 5.25 Å². The van der Waals surface area contributed by atoms with Crippen LogP contribution in [-0.4, -0.2) is 22.0 Å². The molecular weight excluding hydrogens is 332 g/mol. The molecule has 0 nitrogen and oxygen atoms in total. The molecule has 9 unspecified atom stereocenters. The fourth-order valence-corrected chi connectivity index (χ4v) is 15.5. The predicted octanol–water partition coefficient (Wildman–Crippen LogP) is 6.74. The van der Waals surface area contributed by atoms with Crippen molar-refractivity contribution in [2.45, 2.75) is 85.9 Å². The van der Waals surface area contributed by atoms with E-state index >= 15 is 0 Å². The Morgan fingerprint density at radius 2 is 1.58 bits per heavy atom. The van der Waals surface area contributed by atoms with Crippen molar-refractivity contribution in [2.24, 2.45) is 23.7 Å². The Morgan fingerprint density at radius 3 is 2.46 bits per heavy atom. The van der Waals surface area contributed by atoms with E-state index in [0.29, 0.717) is 0 Å². The molecule has 5 aliphatic rings. The van der Waals surface area contributed by atoms with Gasteiger partial charge in [-0.3, -0.25) is 0 Å². The van der Waals surface area contributed by atoms with Gasteiger partial charge in [0.05, 0.1) is 0 Å². The summed E-state index contributed by atoms with van der Waals surface area (Å²) in [7, 11) is -0.435. The molecule has 1 aromatic carbocycles. The lowest BCUT2D eigenvalue weighted by atomic mass is 9.80. The molecule has 1 aliphatic heterocycles. The molecule has 0 aromatic heterocycles. The molecule has 142 valence electrons. The average Bonchev–Trinajstić information content (AvgIpc) is 3.29. The van der Waals surface area contributed by atoms with E-state index in [-0.39, 0.29) is 0 Å². The zero-order valence-corrected chi connectivity index (χ0v) is 17.3. The standard InChI is InChI=1S/C25H36S/c1-26(22-15-14-18-10-5-6-12-20(18)22)23-13-7-11-19-16-21(25(26)24(19)23)17-8-3-2-4-9-17/h2-4,8-9,18-25H,5-7,10-16H2,1H3. The summed E-state index contributed by atoms with van der Waals surface area (Å²) < 4.78 is 0. The first-order valence-corrected chi connectivity index (χ1v) is 13.8. The lowest BCUT2D eigenvalue weighted by Gasteiger charge is -2.70. The summed E-state index contributed by atoms with van der Waals surface area (Å²) in [6.45, 7) is 0. The number of hydrogen-bond acceptors (Lipinski definition) is 0. The van der Waals surface area contributed by atoms with Crippen LogP contribution in [0.15, 0.2) is 30.3 Å². The lowest BCUT2D eigenvalue weighted by Crippen LogP contribution is -2.58. The summed E-state index contributed by atoms with van der Waals surface area (Å²) in [5, 5.41) is 3.39. The molecule has 0 bridgehead atoms. The normalized spacial score (nSPS) is 54.7. The van der Waals surface area contributed by atoms with Gasteiger partial charge in [0.25, 0.3) is 0 Å². The first kappa shape index (κ1) is 16.5. The highest BCUT2D eigenvalue weighted by atomic mass is 32.3. The van der Waals surface area contributed by atoms with Crippen molar-refractivity contribution in [3.63, 3.8) is 0 Å². The maximum atomic E-state index is 2.88. The van der Waals surface area contributed by atoms with Crippen LogP contribution in [0, 0.1) is 23.7 Å². The molecule has 1 aromatic rings. The first-order valence-electron chi connectivity index (χ1n) is 11.6. The first-order chi connectivity index (χ1) is 12.8. The molecule has 1 heterocycles. The van der Waals surface area contributed by atoms with Crippen molar-refractivity contribution in [1.29, 1.82) is 0 Å². The van der Waals surface area contributed by atoms with Crippen LogP contribution in [0.5, 0.6) is 0 Å². The van der Waals surface area contributed by atoms with Crippen LogP contribution in [0.2, 0.25) is 0 Å². The Balaban J connectivity index is 1.38. The van der Waals surface area contributed by atoms with Crippen molar-refractivity contribution in [3.8, 4) is 0 Å². The van der Waals surface area contributed by atoms with E-state index in [2.05, 4.69) is 36.6 Å². The van der Waals surface area contributed by atoms with Gasteiger partial charge in [-0.05, 0) is 84.0 Å². The maximum absolute atomic E-state index is 2.88. The number of rotatable bonds is 2. The zero-order chi connectivity index (χ0) is 17.3. The zero-order valence-electron chi connectivity index (χ0n) is 16.5.